The Balaban J connectivity index is 1.52. The molecule has 1 fully saturated rings. The smallest absolute Gasteiger partial charge is 0.259 e. The van der Waals surface area contributed by atoms with E-state index in [2.05, 4.69) is 39.4 Å². The first kappa shape index (κ1) is 18.2. The van der Waals surface area contributed by atoms with Crippen LogP contribution in [0.15, 0.2) is 54.9 Å². The van der Waals surface area contributed by atoms with Crippen LogP contribution in [0.25, 0.3) is 0 Å². The maximum Gasteiger partial charge on any atom is 0.259 e. The van der Waals surface area contributed by atoms with E-state index in [1.54, 1.807) is 25.4 Å². The Morgan fingerprint density at radius 3 is 2.93 bits per heavy atom. The molecule has 0 bridgehead atoms. The molecular formula is C22H24N4O2. The van der Waals surface area contributed by atoms with Crippen molar-refractivity contribution in [2.24, 2.45) is 0 Å². The molecule has 3 aromatic rings. The predicted octanol–water partition coefficient (Wildman–Crippen LogP) is 3.42. The number of piperidine rings is 1. The molecule has 1 amide bonds. The Hall–Kier alpha value is -3.15. The third-order valence-electron chi connectivity index (χ3n) is 5.30. The van der Waals surface area contributed by atoms with Crippen molar-refractivity contribution in [3.63, 3.8) is 0 Å². The van der Waals surface area contributed by atoms with E-state index in [0.29, 0.717) is 18.0 Å². The first-order valence-electron chi connectivity index (χ1n) is 9.60. The molecule has 6 nitrogen and oxygen atoms in total. The number of hydrogen-bond donors (Lipinski definition) is 1. The van der Waals surface area contributed by atoms with Crippen molar-refractivity contribution in [3.8, 4) is 5.88 Å². The second-order valence-corrected chi connectivity index (χ2v) is 7.12. The zero-order valence-corrected chi connectivity index (χ0v) is 16.0. The van der Waals surface area contributed by atoms with Gasteiger partial charge in [-0.3, -0.25) is 9.89 Å². The number of aromatic nitrogens is 3. The number of carbonyl (C=O) groups excluding carboxylic acids is 1. The van der Waals surface area contributed by atoms with E-state index in [-0.39, 0.29) is 11.8 Å². The fourth-order valence-electron chi connectivity index (χ4n) is 3.92. The van der Waals surface area contributed by atoms with Crippen LogP contribution in [-0.4, -0.2) is 46.2 Å². The summed E-state index contributed by atoms with van der Waals surface area (Å²) in [5.41, 5.74) is 4.11. The first-order valence-corrected chi connectivity index (χ1v) is 9.60. The summed E-state index contributed by atoms with van der Waals surface area (Å²) in [6.07, 6.45) is 6.39. The van der Waals surface area contributed by atoms with E-state index in [0.717, 1.165) is 31.5 Å². The average molecular weight is 376 g/mol. The molecule has 2 aromatic heterocycles. The predicted molar refractivity (Wildman–Crippen MR) is 107 cm³/mol. The highest BCUT2D eigenvalue weighted by Gasteiger charge is 2.29. The third-order valence-corrected chi connectivity index (χ3v) is 5.30. The summed E-state index contributed by atoms with van der Waals surface area (Å²) in [4.78, 5) is 19.1. The van der Waals surface area contributed by atoms with Gasteiger partial charge >= 0.3 is 0 Å². The first-order chi connectivity index (χ1) is 13.8. The largest absolute Gasteiger partial charge is 0.480 e. The van der Waals surface area contributed by atoms with Crippen LogP contribution in [0.3, 0.4) is 0 Å². The zero-order chi connectivity index (χ0) is 19.3. The summed E-state index contributed by atoms with van der Waals surface area (Å²) in [6, 6.07) is 13.9. The van der Waals surface area contributed by atoms with E-state index in [4.69, 9.17) is 4.74 Å². The number of rotatable bonds is 5. The van der Waals surface area contributed by atoms with E-state index in [9.17, 15) is 4.79 Å². The van der Waals surface area contributed by atoms with E-state index in [1.807, 2.05) is 17.2 Å². The second kappa shape index (κ2) is 8.25. The fraction of sp³-hybridized carbons (Fsp3) is 0.318. The van der Waals surface area contributed by atoms with Gasteiger partial charge in [0.15, 0.2) is 0 Å². The lowest BCUT2D eigenvalue weighted by Gasteiger charge is -2.33. The molecule has 0 saturated carbocycles. The van der Waals surface area contributed by atoms with Crippen LogP contribution in [0.2, 0.25) is 0 Å². The van der Waals surface area contributed by atoms with Gasteiger partial charge in [-0.1, -0.05) is 30.3 Å². The molecular weight excluding hydrogens is 352 g/mol. The lowest BCUT2D eigenvalue weighted by molar-refractivity contribution is 0.0701. The minimum absolute atomic E-state index is 0.0289. The number of hydrogen-bond acceptors (Lipinski definition) is 4. The Kier molecular flexibility index (Phi) is 5.37. The minimum atomic E-state index is -0.0289. The van der Waals surface area contributed by atoms with Gasteiger partial charge in [-0.2, -0.15) is 5.10 Å². The fourth-order valence-corrected chi connectivity index (χ4v) is 3.92. The molecule has 1 aliphatic heterocycles. The molecule has 0 spiro atoms. The van der Waals surface area contributed by atoms with Crippen LogP contribution < -0.4 is 4.74 Å². The average Bonchev–Trinajstić information content (AvgIpc) is 3.22. The molecule has 6 heteroatoms. The van der Waals surface area contributed by atoms with Gasteiger partial charge < -0.3 is 9.64 Å². The number of nitrogens with one attached hydrogen (secondary N) is 1. The summed E-state index contributed by atoms with van der Waals surface area (Å²) in [5.74, 6) is 0.598. The quantitative estimate of drug-likeness (QED) is 0.741. The highest BCUT2D eigenvalue weighted by atomic mass is 16.5. The van der Waals surface area contributed by atoms with Crippen LogP contribution in [0.1, 0.15) is 45.9 Å². The van der Waals surface area contributed by atoms with Crippen LogP contribution >= 0.6 is 0 Å². The van der Waals surface area contributed by atoms with Crippen molar-refractivity contribution in [1.82, 2.24) is 20.1 Å². The Morgan fingerprint density at radius 2 is 2.11 bits per heavy atom. The molecule has 28 heavy (non-hydrogen) atoms. The number of nitrogens with zero attached hydrogens (tertiary/aromatic N) is 3. The van der Waals surface area contributed by atoms with Crippen molar-refractivity contribution in [2.45, 2.75) is 25.2 Å². The molecule has 1 aliphatic rings. The van der Waals surface area contributed by atoms with E-state index < -0.39 is 0 Å². The number of benzene rings is 1. The highest BCUT2D eigenvalue weighted by molar-refractivity contribution is 5.96. The topological polar surface area (TPSA) is 71.1 Å². The van der Waals surface area contributed by atoms with Crippen LogP contribution in [-0.2, 0) is 6.42 Å². The van der Waals surface area contributed by atoms with Gasteiger partial charge in [0.05, 0.1) is 13.3 Å². The molecule has 1 aromatic carbocycles. The van der Waals surface area contributed by atoms with Gasteiger partial charge in [0.25, 0.3) is 5.91 Å². The Morgan fingerprint density at radius 1 is 1.25 bits per heavy atom. The number of methoxy groups -OCH3 is 1. The summed E-state index contributed by atoms with van der Waals surface area (Å²) < 4.78 is 5.27. The molecule has 0 radical (unpaired) electrons. The summed E-state index contributed by atoms with van der Waals surface area (Å²) in [6.45, 7) is 1.41. The van der Waals surface area contributed by atoms with E-state index >= 15 is 0 Å². The number of pyridine rings is 1. The number of carbonyl (C=O) groups is 1. The molecule has 144 valence electrons. The van der Waals surface area contributed by atoms with Crippen molar-refractivity contribution in [1.29, 1.82) is 0 Å². The Labute approximate surface area is 164 Å². The van der Waals surface area contributed by atoms with Gasteiger partial charge in [-0.05, 0) is 36.1 Å². The van der Waals surface area contributed by atoms with Gasteiger partial charge in [0.1, 0.15) is 5.56 Å². The maximum atomic E-state index is 13.1. The second-order valence-electron chi connectivity index (χ2n) is 7.12. The maximum absolute atomic E-state index is 13.1. The molecule has 0 unspecified atom stereocenters. The number of aromatic amines is 1. The van der Waals surface area contributed by atoms with Gasteiger partial charge in [-0.25, -0.2) is 4.98 Å². The monoisotopic (exact) mass is 376 g/mol. The van der Waals surface area contributed by atoms with Crippen molar-refractivity contribution in [2.75, 3.05) is 20.2 Å². The molecule has 1 saturated heterocycles. The standard InChI is InChI=1S/C22H24N4O2/c1-28-21-19(10-5-11-23-21)22(27)26-12-6-9-17(15-26)20-18(14-24-25-20)13-16-7-3-2-4-8-16/h2-5,7-8,10-11,14,17H,6,9,12-13,15H2,1H3,(H,24,25)/t17-/m1/s1. The van der Waals surface area contributed by atoms with Crippen molar-refractivity contribution >= 4 is 5.91 Å². The Bertz CT molecular complexity index is 938. The lowest BCUT2D eigenvalue weighted by Crippen LogP contribution is -2.39. The zero-order valence-electron chi connectivity index (χ0n) is 16.0. The SMILES string of the molecule is COc1ncccc1C(=O)N1CCC[C@@H](c2[nH]ncc2Cc2ccccc2)C1. The number of H-pyrrole nitrogens is 1. The number of amides is 1. The van der Waals surface area contributed by atoms with Crippen LogP contribution in [0, 0.1) is 0 Å². The van der Waals surface area contributed by atoms with Crippen LogP contribution in [0.5, 0.6) is 5.88 Å². The summed E-state index contributed by atoms with van der Waals surface area (Å²) >= 11 is 0. The molecule has 1 atom stereocenters. The molecule has 0 aliphatic carbocycles. The minimum Gasteiger partial charge on any atom is -0.480 e. The lowest BCUT2D eigenvalue weighted by atomic mass is 9.90. The summed E-state index contributed by atoms with van der Waals surface area (Å²) in [5, 5.41) is 7.48. The molecule has 3 heterocycles. The van der Waals surface area contributed by atoms with Gasteiger partial charge in [-0.15, -0.1) is 0 Å². The van der Waals surface area contributed by atoms with Crippen LogP contribution in [0.4, 0.5) is 0 Å². The van der Waals surface area contributed by atoms with Gasteiger partial charge in [0, 0.05) is 37.3 Å². The van der Waals surface area contributed by atoms with Crippen molar-refractivity contribution in [3.05, 3.63) is 77.2 Å². The highest BCUT2D eigenvalue weighted by Crippen LogP contribution is 2.30. The number of likely N-dealkylation sites (tertiary alicyclic amines) is 1. The van der Waals surface area contributed by atoms with Gasteiger partial charge in [0.2, 0.25) is 5.88 Å². The third kappa shape index (κ3) is 3.76. The van der Waals surface area contributed by atoms with Crippen molar-refractivity contribution < 1.29 is 9.53 Å². The molecule has 1 N–H and O–H groups in total. The normalized spacial score (nSPS) is 16.8. The number of ether oxygens (including phenoxy) is 1. The molecule has 4 rings (SSSR count). The summed E-state index contributed by atoms with van der Waals surface area (Å²) in [7, 11) is 1.54. The van der Waals surface area contributed by atoms with E-state index in [1.165, 1.54) is 11.1 Å².